The van der Waals surface area contributed by atoms with Crippen molar-refractivity contribution in [3.8, 4) is 0 Å². The summed E-state index contributed by atoms with van der Waals surface area (Å²) in [4.78, 5) is 22.2. The summed E-state index contributed by atoms with van der Waals surface area (Å²) in [5.41, 5.74) is 1.56. The molecule has 0 unspecified atom stereocenters. The Morgan fingerprint density at radius 2 is 2.11 bits per heavy atom. The zero-order valence-corrected chi connectivity index (χ0v) is 9.89. The second-order valence-corrected chi connectivity index (χ2v) is 4.01. The molecule has 0 bridgehead atoms. The molecule has 19 heavy (non-hydrogen) atoms. The lowest BCUT2D eigenvalue weighted by Gasteiger charge is -2.01. The predicted molar refractivity (Wildman–Crippen MR) is 65.9 cm³/mol. The molecule has 0 saturated carbocycles. The smallest absolute Gasteiger partial charge is 0.408 e. The predicted octanol–water partition coefficient (Wildman–Crippen LogP) is 0.699. The number of aldehydes is 1. The van der Waals surface area contributed by atoms with Crippen molar-refractivity contribution in [1.82, 2.24) is 19.6 Å². The number of hydrogen-bond acceptors (Lipinski definition) is 5. The fourth-order valence-corrected chi connectivity index (χ4v) is 1.90. The molecule has 0 N–H and O–H groups in total. The summed E-state index contributed by atoms with van der Waals surface area (Å²) in [5.74, 6) is -0.406. The van der Waals surface area contributed by atoms with Crippen molar-refractivity contribution < 1.29 is 9.21 Å². The maximum absolute atomic E-state index is 11.7. The van der Waals surface area contributed by atoms with Gasteiger partial charge in [0.25, 0.3) is 0 Å². The molecule has 0 aliphatic rings. The average molecular weight is 258 g/mol. The summed E-state index contributed by atoms with van der Waals surface area (Å²) in [6.45, 7) is 0.835. The molecule has 96 valence electrons. The molecule has 0 spiro atoms. The van der Waals surface area contributed by atoms with Crippen molar-refractivity contribution in [2.24, 2.45) is 0 Å². The van der Waals surface area contributed by atoms with Gasteiger partial charge in [0.2, 0.25) is 0 Å². The van der Waals surface area contributed by atoms with Gasteiger partial charge in [-0.25, -0.2) is 4.79 Å². The number of fused-ring (bicyclic) bond motifs is 1. The lowest BCUT2D eigenvalue weighted by atomic mass is 10.3. The Bertz CT molecular complexity index is 783. The number of oxazole rings is 1. The molecule has 0 fully saturated rings. The molecule has 0 saturated heterocycles. The van der Waals surface area contributed by atoms with Crippen LogP contribution in [0.4, 0.5) is 0 Å². The van der Waals surface area contributed by atoms with Gasteiger partial charge in [0, 0.05) is 6.54 Å². The maximum Gasteiger partial charge on any atom is 0.420 e. The molecule has 2 heterocycles. The highest BCUT2D eigenvalue weighted by Gasteiger charge is 2.08. The molecule has 3 aromatic rings. The Balaban J connectivity index is 1.87. The van der Waals surface area contributed by atoms with E-state index >= 15 is 0 Å². The molecular formula is C12H10N4O3. The molecule has 2 aromatic heterocycles. The Kier molecular flexibility index (Phi) is 2.71. The number of rotatable bonds is 4. The average Bonchev–Trinajstić information content (AvgIpc) is 3.00. The number of carbonyl (C=O) groups excluding carboxylic acids is 1. The molecule has 0 atom stereocenters. The summed E-state index contributed by atoms with van der Waals surface area (Å²) < 4.78 is 8.16. The van der Waals surface area contributed by atoms with Crippen LogP contribution >= 0.6 is 0 Å². The van der Waals surface area contributed by atoms with Gasteiger partial charge in [-0.05, 0) is 12.1 Å². The van der Waals surface area contributed by atoms with Crippen LogP contribution in [0, 0.1) is 0 Å². The fourth-order valence-electron chi connectivity index (χ4n) is 1.90. The number of aromatic nitrogens is 4. The minimum atomic E-state index is -0.406. The quantitative estimate of drug-likeness (QED) is 0.643. The first kappa shape index (κ1) is 11.4. The highest BCUT2D eigenvalue weighted by atomic mass is 16.4. The molecule has 3 rings (SSSR count). The minimum absolute atomic E-state index is 0.268. The van der Waals surface area contributed by atoms with E-state index in [-0.39, 0.29) is 5.69 Å². The first-order valence-electron chi connectivity index (χ1n) is 5.71. The molecule has 0 aliphatic carbocycles. The van der Waals surface area contributed by atoms with Crippen LogP contribution < -0.4 is 5.76 Å². The van der Waals surface area contributed by atoms with Gasteiger partial charge in [0.1, 0.15) is 5.69 Å². The maximum atomic E-state index is 11.7. The first-order chi connectivity index (χ1) is 9.28. The lowest BCUT2D eigenvalue weighted by molar-refractivity contribution is 0.111. The number of aryl methyl sites for hydroxylation is 2. The van der Waals surface area contributed by atoms with Crippen molar-refractivity contribution in [1.29, 1.82) is 0 Å². The van der Waals surface area contributed by atoms with Crippen molar-refractivity contribution >= 4 is 17.4 Å². The van der Waals surface area contributed by atoms with Gasteiger partial charge in [-0.15, -0.1) is 5.10 Å². The van der Waals surface area contributed by atoms with E-state index in [4.69, 9.17) is 4.42 Å². The number of hydrogen-bond donors (Lipinski definition) is 0. The lowest BCUT2D eigenvalue weighted by Crippen LogP contribution is -2.18. The molecule has 7 heteroatoms. The monoisotopic (exact) mass is 258 g/mol. The van der Waals surface area contributed by atoms with Gasteiger partial charge in [0.15, 0.2) is 11.9 Å². The van der Waals surface area contributed by atoms with Crippen molar-refractivity contribution in [3.05, 3.63) is 46.7 Å². The van der Waals surface area contributed by atoms with Crippen LogP contribution in [-0.2, 0) is 13.1 Å². The fraction of sp³-hybridized carbons (Fsp3) is 0.167. The van der Waals surface area contributed by atoms with Gasteiger partial charge in [0.05, 0.1) is 18.3 Å². The minimum Gasteiger partial charge on any atom is -0.408 e. The van der Waals surface area contributed by atoms with Crippen molar-refractivity contribution in [3.63, 3.8) is 0 Å². The van der Waals surface area contributed by atoms with Crippen molar-refractivity contribution in [2.45, 2.75) is 13.1 Å². The largest absolute Gasteiger partial charge is 0.420 e. The second-order valence-electron chi connectivity index (χ2n) is 4.01. The highest BCUT2D eigenvalue weighted by Crippen LogP contribution is 2.11. The van der Waals surface area contributed by atoms with E-state index in [9.17, 15) is 9.59 Å². The van der Waals surface area contributed by atoms with E-state index < -0.39 is 5.76 Å². The van der Waals surface area contributed by atoms with E-state index in [2.05, 4.69) is 10.3 Å². The summed E-state index contributed by atoms with van der Waals surface area (Å²) in [6.07, 6.45) is 2.16. The van der Waals surface area contributed by atoms with Crippen LogP contribution in [0.5, 0.6) is 0 Å². The number of carbonyl (C=O) groups is 1. The number of benzene rings is 1. The third-order valence-electron chi connectivity index (χ3n) is 2.80. The van der Waals surface area contributed by atoms with E-state index in [0.717, 1.165) is 5.52 Å². The molecule has 0 radical (unpaired) electrons. The second kappa shape index (κ2) is 4.52. The first-order valence-corrected chi connectivity index (χ1v) is 5.71. The third kappa shape index (κ3) is 2.05. The van der Waals surface area contributed by atoms with Crippen LogP contribution in [0.1, 0.15) is 10.5 Å². The summed E-state index contributed by atoms with van der Waals surface area (Å²) >= 11 is 0. The molecule has 0 amide bonds. The Labute approximate surface area is 107 Å². The molecule has 1 aromatic carbocycles. The van der Waals surface area contributed by atoms with Gasteiger partial charge >= 0.3 is 5.76 Å². The zero-order valence-electron chi connectivity index (χ0n) is 9.89. The number of para-hydroxylation sites is 2. The SMILES string of the molecule is O=Cc1cn(CCn2c(=O)oc3ccccc32)nn1. The van der Waals surface area contributed by atoms with Crippen molar-refractivity contribution in [2.75, 3.05) is 0 Å². The molecule has 7 nitrogen and oxygen atoms in total. The van der Waals surface area contributed by atoms with Crippen LogP contribution in [0.2, 0.25) is 0 Å². The number of nitrogens with zero attached hydrogens (tertiary/aromatic N) is 4. The molecule has 0 aliphatic heterocycles. The van der Waals surface area contributed by atoms with E-state index in [1.165, 1.54) is 15.4 Å². The van der Waals surface area contributed by atoms with Gasteiger partial charge in [-0.3, -0.25) is 14.0 Å². The Hall–Kier alpha value is -2.70. The van der Waals surface area contributed by atoms with E-state index in [1.807, 2.05) is 18.2 Å². The van der Waals surface area contributed by atoms with E-state index in [1.54, 1.807) is 6.07 Å². The van der Waals surface area contributed by atoms with Gasteiger partial charge in [-0.1, -0.05) is 17.3 Å². The summed E-state index contributed by atoms with van der Waals surface area (Å²) in [7, 11) is 0. The normalized spacial score (nSPS) is 10.9. The Morgan fingerprint density at radius 3 is 2.89 bits per heavy atom. The summed E-state index contributed by atoms with van der Waals surface area (Å²) in [6, 6.07) is 7.21. The van der Waals surface area contributed by atoms with Crippen LogP contribution in [0.15, 0.2) is 39.7 Å². The van der Waals surface area contributed by atoms with E-state index in [0.29, 0.717) is 25.0 Å². The standard InChI is InChI=1S/C12H10N4O3/c17-8-9-7-15(14-13-9)5-6-16-10-3-1-2-4-11(10)19-12(16)18/h1-4,7-8H,5-6H2. The van der Waals surface area contributed by atoms with Crippen LogP contribution in [0.3, 0.4) is 0 Å². The van der Waals surface area contributed by atoms with Gasteiger partial charge < -0.3 is 4.42 Å². The van der Waals surface area contributed by atoms with Crippen LogP contribution in [0.25, 0.3) is 11.1 Å². The topological polar surface area (TPSA) is 82.9 Å². The Morgan fingerprint density at radius 1 is 1.26 bits per heavy atom. The van der Waals surface area contributed by atoms with Crippen LogP contribution in [-0.4, -0.2) is 25.8 Å². The molecular weight excluding hydrogens is 248 g/mol. The van der Waals surface area contributed by atoms with Gasteiger partial charge in [-0.2, -0.15) is 0 Å². The summed E-state index contributed by atoms with van der Waals surface area (Å²) in [5, 5.41) is 7.44. The third-order valence-corrected chi connectivity index (χ3v) is 2.80. The zero-order chi connectivity index (χ0) is 13.2. The highest BCUT2D eigenvalue weighted by molar-refractivity contribution is 5.72.